The minimum Gasteiger partial charge on any atom is -0.502 e. The van der Waals surface area contributed by atoms with Crippen LogP contribution >= 0.6 is 12.2 Å². The van der Waals surface area contributed by atoms with Crippen molar-refractivity contribution in [3.63, 3.8) is 0 Å². The molecule has 0 saturated carbocycles. The van der Waals surface area contributed by atoms with Crippen molar-refractivity contribution < 1.29 is 33.6 Å². The maximum atomic E-state index is 13.1. The molecule has 0 radical (unpaired) electrons. The predicted molar refractivity (Wildman–Crippen MR) is 129 cm³/mol. The number of nitrogens with one attached hydrogen (secondary N) is 1. The van der Waals surface area contributed by atoms with Gasteiger partial charge in [-0.1, -0.05) is 0 Å². The van der Waals surface area contributed by atoms with Crippen LogP contribution < -0.4 is 29.2 Å². The lowest BCUT2D eigenvalue weighted by atomic mass is 9.94. The molecule has 10 heteroatoms. The summed E-state index contributed by atoms with van der Waals surface area (Å²) in [6.45, 7) is 4.70. The number of nitrogens with zero attached hydrogens (tertiary/aromatic N) is 1. The van der Waals surface area contributed by atoms with Crippen molar-refractivity contribution in [2.75, 3.05) is 38.9 Å². The Morgan fingerprint density at radius 1 is 1.15 bits per heavy atom. The monoisotopic (exact) mass is 486 g/mol. The van der Waals surface area contributed by atoms with Gasteiger partial charge in [-0.15, -0.1) is 0 Å². The Bertz CT molecular complexity index is 1140. The maximum absolute atomic E-state index is 13.1. The number of ether oxygens (including phenoxy) is 5. The molecule has 2 aliphatic heterocycles. The second kappa shape index (κ2) is 9.68. The third-order valence-electron chi connectivity index (χ3n) is 5.60. The number of carbonyl (C=O) groups excluding carboxylic acids is 1. The standard InChI is InChI=1S/C24H26N2O7S/c1-5-31-23(28)20-13(2)26(15-6-7-16-17(12-15)33-9-8-32-16)24(34)25-21(20)14-10-18(29-3)22(27)19(11-14)30-4/h6-7,10-12,21,27H,5,8-9H2,1-4H3,(H,25,34)/t21-/m1/s1. The van der Waals surface area contributed by atoms with E-state index in [0.717, 1.165) is 0 Å². The summed E-state index contributed by atoms with van der Waals surface area (Å²) in [6, 6.07) is 8.08. The summed E-state index contributed by atoms with van der Waals surface area (Å²) in [7, 11) is 2.88. The molecular weight excluding hydrogens is 460 g/mol. The van der Waals surface area contributed by atoms with Gasteiger partial charge in [0.1, 0.15) is 13.2 Å². The van der Waals surface area contributed by atoms with Gasteiger partial charge in [0, 0.05) is 11.8 Å². The maximum Gasteiger partial charge on any atom is 0.338 e. The van der Waals surface area contributed by atoms with E-state index in [1.165, 1.54) is 14.2 Å². The van der Waals surface area contributed by atoms with Crippen LogP contribution in [0.4, 0.5) is 5.69 Å². The van der Waals surface area contributed by atoms with E-state index in [2.05, 4.69) is 5.32 Å². The minimum absolute atomic E-state index is 0.136. The fraction of sp³-hybridized carbons (Fsp3) is 0.333. The fourth-order valence-electron chi connectivity index (χ4n) is 4.03. The van der Waals surface area contributed by atoms with E-state index in [-0.39, 0.29) is 23.9 Å². The predicted octanol–water partition coefficient (Wildman–Crippen LogP) is 3.45. The topological polar surface area (TPSA) is 98.7 Å². The second-order valence-electron chi connectivity index (χ2n) is 7.54. The zero-order valence-electron chi connectivity index (χ0n) is 19.3. The van der Waals surface area contributed by atoms with E-state index in [1.807, 2.05) is 18.2 Å². The first-order valence-electron chi connectivity index (χ1n) is 10.7. The molecule has 0 spiro atoms. The van der Waals surface area contributed by atoms with Crippen molar-refractivity contribution in [1.29, 1.82) is 0 Å². The van der Waals surface area contributed by atoms with Crippen LogP contribution in [0.3, 0.4) is 0 Å². The van der Waals surface area contributed by atoms with Gasteiger partial charge in [0.25, 0.3) is 0 Å². The van der Waals surface area contributed by atoms with Crippen LogP contribution in [0.15, 0.2) is 41.6 Å². The van der Waals surface area contributed by atoms with Crippen molar-refractivity contribution >= 4 is 29.0 Å². The number of hydrogen-bond acceptors (Lipinski definition) is 8. The lowest BCUT2D eigenvalue weighted by Crippen LogP contribution is -2.48. The van der Waals surface area contributed by atoms with Crippen LogP contribution in [-0.4, -0.2) is 50.2 Å². The zero-order valence-corrected chi connectivity index (χ0v) is 20.2. The van der Waals surface area contributed by atoms with Gasteiger partial charge in [-0.05, 0) is 55.9 Å². The van der Waals surface area contributed by atoms with E-state index in [4.69, 9.17) is 35.9 Å². The smallest absolute Gasteiger partial charge is 0.338 e. The SMILES string of the molecule is CCOC(=O)C1=C(C)N(c2ccc3c(c2)OCCO3)C(=S)N[C@@H]1c1cc(OC)c(O)c(OC)c1. The Morgan fingerprint density at radius 3 is 2.41 bits per heavy atom. The summed E-state index contributed by atoms with van der Waals surface area (Å²) in [5.74, 6) is 1.04. The number of thiocarbonyl (C=S) groups is 1. The number of aromatic hydroxyl groups is 1. The van der Waals surface area contributed by atoms with Gasteiger partial charge < -0.3 is 34.1 Å². The number of phenolic OH excluding ortho intramolecular Hbond substituents is 1. The highest BCUT2D eigenvalue weighted by Gasteiger charge is 2.36. The van der Waals surface area contributed by atoms with Gasteiger partial charge in [-0.3, -0.25) is 4.90 Å². The molecule has 0 bridgehead atoms. The highest BCUT2D eigenvalue weighted by Crippen LogP contribution is 2.43. The molecule has 34 heavy (non-hydrogen) atoms. The summed E-state index contributed by atoms with van der Waals surface area (Å²) in [4.78, 5) is 14.9. The number of esters is 1. The number of fused-ring (bicyclic) bond motifs is 1. The van der Waals surface area contributed by atoms with Crippen molar-refractivity contribution in [2.45, 2.75) is 19.9 Å². The number of hydrogen-bond donors (Lipinski definition) is 2. The Kier molecular flexibility index (Phi) is 6.69. The normalized spacial score (nSPS) is 17.2. The van der Waals surface area contributed by atoms with Crippen LogP contribution in [-0.2, 0) is 9.53 Å². The minimum atomic E-state index is -0.664. The molecule has 9 nitrogen and oxygen atoms in total. The Labute approximate surface area is 202 Å². The number of phenols is 1. The number of rotatable bonds is 6. The van der Waals surface area contributed by atoms with Crippen LogP contribution in [0, 0.1) is 0 Å². The highest BCUT2D eigenvalue weighted by molar-refractivity contribution is 7.80. The van der Waals surface area contributed by atoms with E-state index in [0.29, 0.717) is 52.3 Å². The molecule has 2 aliphatic rings. The summed E-state index contributed by atoms with van der Waals surface area (Å²) in [6.07, 6.45) is 0. The van der Waals surface area contributed by atoms with Gasteiger partial charge in [0.15, 0.2) is 28.1 Å². The van der Waals surface area contributed by atoms with E-state index in [1.54, 1.807) is 30.9 Å². The summed E-state index contributed by atoms with van der Waals surface area (Å²) >= 11 is 5.71. The molecule has 0 saturated heterocycles. The largest absolute Gasteiger partial charge is 0.502 e. The number of methoxy groups -OCH3 is 2. The molecule has 2 aromatic rings. The van der Waals surface area contributed by atoms with Crippen molar-refractivity contribution in [1.82, 2.24) is 5.32 Å². The first-order valence-corrected chi connectivity index (χ1v) is 11.1. The lowest BCUT2D eigenvalue weighted by molar-refractivity contribution is -0.139. The summed E-state index contributed by atoms with van der Waals surface area (Å²) in [5.41, 5.74) is 2.27. The summed E-state index contributed by atoms with van der Waals surface area (Å²) < 4.78 is 27.3. The molecule has 180 valence electrons. The van der Waals surface area contributed by atoms with E-state index >= 15 is 0 Å². The molecular formula is C24H26N2O7S. The first kappa shape index (κ1) is 23.5. The van der Waals surface area contributed by atoms with E-state index in [9.17, 15) is 9.90 Å². The van der Waals surface area contributed by atoms with Gasteiger partial charge >= 0.3 is 5.97 Å². The number of carbonyl (C=O) groups is 1. The molecule has 0 aliphatic carbocycles. The average molecular weight is 487 g/mol. The molecule has 1 atom stereocenters. The molecule has 4 rings (SSSR count). The van der Waals surface area contributed by atoms with Crippen LogP contribution in [0.2, 0.25) is 0 Å². The third kappa shape index (κ3) is 4.16. The van der Waals surface area contributed by atoms with Gasteiger partial charge in [0.2, 0.25) is 5.75 Å². The van der Waals surface area contributed by atoms with Gasteiger partial charge in [0.05, 0.1) is 38.1 Å². The van der Waals surface area contributed by atoms with Crippen molar-refractivity contribution in [2.24, 2.45) is 0 Å². The highest BCUT2D eigenvalue weighted by atomic mass is 32.1. The lowest BCUT2D eigenvalue weighted by Gasteiger charge is -2.38. The molecule has 0 fully saturated rings. The molecule has 0 unspecified atom stereocenters. The Hall–Kier alpha value is -3.66. The quantitative estimate of drug-likeness (QED) is 0.467. The van der Waals surface area contributed by atoms with Crippen LogP contribution in [0.1, 0.15) is 25.5 Å². The third-order valence-corrected chi connectivity index (χ3v) is 5.90. The van der Waals surface area contributed by atoms with E-state index < -0.39 is 12.0 Å². The van der Waals surface area contributed by atoms with Gasteiger partial charge in [-0.25, -0.2) is 4.79 Å². The number of allylic oxidation sites excluding steroid dienone is 1. The van der Waals surface area contributed by atoms with Crippen molar-refractivity contribution in [3.8, 4) is 28.7 Å². The average Bonchev–Trinajstić information content (AvgIpc) is 2.83. The Morgan fingerprint density at radius 2 is 1.79 bits per heavy atom. The summed E-state index contributed by atoms with van der Waals surface area (Å²) in [5, 5.41) is 13.9. The fourth-order valence-corrected chi connectivity index (χ4v) is 4.39. The van der Waals surface area contributed by atoms with Crippen LogP contribution in [0.5, 0.6) is 28.7 Å². The molecule has 0 aromatic heterocycles. The first-order chi connectivity index (χ1) is 16.4. The Balaban J connectivity index is 1.84. The van der Waals surface area contributed by atoms with Gasteiger partial charge in [-0.2, -0.15) is 0 Å². The van der Waals surface area contributed by atoms with Crippen molar-refractivity contribution in [3.05, 3.63) is 47.2 Å². The second-order valence-corrected chi connectivity index (χ2v) is 7.93. The molecule has 2 N–H and O–H groups in total. The van der Waals surface area contributed by atoms with Crippen LogP contribution in [0.25, 0.3) is 0 Å². The molecule has 0 amide bonds. The number of anilines is 1. The molecule has 2 aromatic carbocycles. The number of benzene rings is 2. The molecule has 2 heterocycles. The zero-order chi connectivity index (χ0) is 24.4.